The van der Waals surface area contributed by atoms with E-state index in [0.29, 0.717) is 46.4 Å². The van der Waals surface area contributed by atoms with Gasteiger partial charge in [-0.1, -0.05) is 65.2 Å². The van der Waals surface area contributed by atoms with E-state index in [0.717, 1.165) is 16.7 Å². The summed E-state index contributed by atoms with van der Waals surface area (Å²) in [5.74, 6) is 0.426. The fraction of sp³-hybridized carbons (Fsp3) is 0.103. The second-order valence-electron chi connectivity index (χ2n) is 8.56. The number of rotatable bonds is 1. The lowest BCUT2D eigenvalue weighted by Gasteiger charge is -2.18. The van der Waals surface area contributed by atoms with Crippen molar-refractivity contribution in [2.45, 2.75) is 12.8 Å². The number of halogens is 3. The summed E-state index contributed by atoms with van der Waals surface area (Å²) in [7, 11) is 1.59. The number of fused-ring (bicyclic) bond motifs is 3. The van der Waals surface area contributed by atoms with Crippen LogP contribution in [0.15, 0.2) is 54.6 Å². The average molecular weight is 540 g/mol. The lowest BCUT2D eigenvalue weighted by molar-refractivity contribution is 0.415. The Morgan fingerprint density at radius 2 is 1.50 bits per heavy atom. The van der Waals surface area contributed by atoms with E-state index in [4.69, 9.17) is 39.5 Å². The van der Waals surface area contributed by atoms with Gasteiger partial charge in [0.1, 0.15) is 17.2 Å². The number of phenols is 3. The summed E-state index contributed by atoms with van der Waals surface area (Å²) in [5, 5.41) is 32.5. The highest BCUT2D eigenvalue weighted by molar-refractivity contribution is 6.38. The van der Waals surface area contributed by atoms with E-state index < -0.39 is 0 Å². The van der Waals surface area contributed by atoms with Gasteiger partial charge in [-0.05, 0) is 77.1 Å². The van der Waals surface area contributed by atoms with Crippen molar-refractivity contribution in [1.82, 2.24) is 0 Å². The van der Waals surface area contributed by atoms with Crippen LogP contribution in [0.3, 0.4) is 0 Å². The maximum atomic E-state index is 11.0. The molecule has 0 saturated carbocycles. The lowest BCUT2D eigenvalue weighted by atomic mass is 9.91. The smallest absolute Gasteiger partial charge is 0.153 e. The Kier molecular flexibility index (Phi) is 6.52. The summed E-state index contributed by atoms with van der Waals surface area (Å²) in [6.45, 7) is 0. The van der Waals surface area contributed by atoms with Crippen molar-refractivity contribution in [3.05, 3.63) is 91.9 Å². The molecule has 2 aliphatic rings. The summed E-state index contributed by atoms with van der Waals surface area (Å²) >= 11 is 19.4. The summed E-state index contributed by atoms with van der Waals surface area (Å²) in [4.78, 5) is 0. The molecule has 0 radical (unpaired) electrons. The number of methoxy groups -OCH3 is 1. The Morgan fingerprint density at radius 3 is 2.28 bits per heavy atom. The molecule has 0 aliphatic heterocycles. The molecule has 0 unspecified atom stereocenters. The largest absolute Gasteiger partial charge is 0.507 e. The predicted molar refractivity (Wildman–Crippen MR) is 147 cm³/mol. The normalized spacial score (nSPS) is 13.3. The van der Waals surface area contributed by atoms with E-state index >= 15 is 0 Å². The molecule has 0 aromatic heterocycles. The second-order valence-corrected chi connectivity index (χ2v) is 9.72. The zero-order valence-corrected chi connectivity index (χ0v) is 21.4. The minimum atomic E-state index is -0.214. The summed E-state index contributed by atoms with van der Waals surface area (Å²) < 4.78 is 5.59. The molecule has 0 spiro atoms. The van der Waals surface area contributed by atoms with Gasteiger partial charge in [0, 0.05) is 16.7 Å². The van der Waals surface area contributed by atoms with Crippen LogP contribution in [-0.4, -0.2) is 22.4 Å². The minimum Gasteiger partial charge on any atom is -0.507 e. The highest BCUT2D eigenvalue weighted by atomic mass is 35.5. The van der Waals surface area contributed by atoms with Crippen LogP contribution < -0.4 is 4.74 Å². The van der Waals surface area contributed by atoms with Crippen LogP contribution in [0, 0.1) is 0 Å². The minimum absolute atomic E-state index is 0.0772. The number of hydrogen-bond donors (Lipinski definition) is 3. The third-order valence-electron chi connectivity index (χ3n) is 6.43. The first kappa shape index (κ1) is 24.4. The molecule has 0 fully saturated rings. The SMILES string of the molecule is COc1ccc2cc1-c1cc(ccc1O)/C=C\c1ccc(c(O)c1Cl)-c1cc(Cl)c(O)c(Cl)c1CC2. The van der Waals surface area contributed by atoms with Gasteiger partial charge in [-0.25, -0.2) is 0 Å². The van der Waals surface area contributed by atoms with E-state index in [1.807, 2.05) is 30.3 Å². The van der Waals surface area contributed by atoms with Crippen LogP contribution in [0.1, 0.15) is 22.3 Å². The molecule has 0 saturated heterocycles. The molecule has 6 rings (SSSR count). The van der Waals surface area contributed by atoms with E-state index in [1.54, 1.807) is 43.5 Å². The third-order valence-corrected chi connectivity index (χ3v) is 7.52. The molecule has 0 atom stereocenters. The molecular weight excluding hydrogens is 519 g/mol. The quantitative estimate of drug-likeness (QED) is 0.227. The van der Waals surface area contributed by atoms with Gasteiger partial charge in [-0.3, -0.25) is 0 Å². The van der Waals surface area contributed by atoms with Gasteiger partial charge in [0.25, 0.3) is 0 Å². The highest BCUT2D eigenvalue weighted by Crippen LogP contribution is 2.46. The van der Waals surface area contributed by atoms with Gasteiger partial charge in [-0.2, -0.15) is 0 Å². The standard InChI is InChI=1S/C29H21Cl3O4/c1-36-25-11-5-16-3-8-18-20(14-23(30)29(35)27(18)32)19-9-7-17(26(31)28(19)34)6-2-15-4-10-24(33)21(12-15)22(25)13-16/h2,4-7,9-14,33-35H,3,8H2,1H3/b6-2-. The van der Waals surface area contributed by atoms with E-state index in [9.17, 15) is 15.3 Å². The number of phenolic OH excluding ortho intramolecular Hbond substituents is 3. The molecule has 4 nitrogen and oxygen atoms in total. The predicted octanol–water partition coefficient (Wildman–Crippen LogP) is 8.38. The van der Waals surface area contributed by atoms with Crippen LogP contribution in [0.5, 0.6) is 23.0 Å². The van der Waals surface area contributed by atoms with Crippen LogP contribution in [0.25, 0.3) is 34.4 Å². The first-order chi connectivity index (χ1) is 17.3. The Morgan fingerprint density at radius 1 is 0.694 bits per heavy atom. The number of aryl methyl sites for hydroxylation is 1. The van der Waals surface area contributed by atoms with Crippen LogP contribution >= 0.6 is 34.8 Å². The highest BCUT2D eigenvalue weighted by Gasteiger charge is 2.21. The zero-order valence-electron chi connectivity index (χ0n) is 19.1. The van der Waals surface area contributed by atoms with Crippen molar-refractivity contribution in [1.29, 1.82) is 0 Å². The molecule has 36 heavy (non-hydrogen) atoms. The van der Waals surface area contributed by atoms with Crippen LogP contribution in [0.2, 0.25) is 15.1 Å². The Balaban J connectivity index is 1.79. The molecule has 3 N–H and O–H groups in total. The van der Waals surface area contributed by atoms with Gasteiger partial charge < -0.3 is 20.1 Å². The fourth-order valence-corrected chi connectivity index (χ4v) is 5.29. The molecule has 182 valence electrons. The van der Waals surface area contributed by atoms with E-state index in [2.05, 4.69) is 0 Å². The molecule has 0 amide bonds. The van der Waals surface area contributed by atoms with Crippen LogP contribution in [-0.2, 0) is 12.8 Å². The summed E-state index contributed by atoms with van der Waals surface area (Å²) in [6.07, 6.45) is 4.64. The molecule has 4 aromatic carbocycles. The molecule has 4 aromatic rings. The Bertz CT molecular complexity index is 1540. The number of benzene rings is 4. The van der Waals surface area contributed by atoms with Crippen molar-refractivity contribution < 1.29 is 20.1 Å². The molecule has 7 heteroatoms. The van der Waals surface area contributed by atoms with Crippen LogP contribution in [0.4, 0.5) is 0 Å². The molecular formula is C29H21Cl3O4. The number of aromatic hydroxyl groups is 3. The van der Waals surface area contributed by atoms with Gasteiger partial charge in [-0.15, -0.1) is 0 Å². The number of hydrogen-bond acceptors (Lipinski definition) is 4. The molecule has 0 heterocycles. The second kappa shape index (κ2) is 9.62. The maximum Gasteiger partial charge on any atom is 0.153 e. The van der Waals surface area contributed by atoms with Crippen molar-refractivity contribution in [3.8, 4) is 45.3 Å². The van der Waals surface area contributed by atoms with Crippen molar-refractivity contribution in [2.75, 3.05) is 7.11 Å². The monoisotopic (exact) mass is 538 g/mol. The maximum absolute atomic E-state index is 11.0. The van der Waals surface area contributed by atoms with Crippen molar-refractivity contribution >= 4 is 47.0 Å². The summed E-state index contributed by atoms with van der Waals surface area (Å²) in [6, 6.07) is 16.2. The first-order valence-electron chi connectivity index (χ1n) is 11.2. The van der Waals surface area contributed by atoms with E-state index in [-0.39, 0.29) is 32.3 Å². The van der Waals surface area contributed by atoms with E-state index in [1.165, 1.54) is 0 Å². The molecule has 2 aliphatic carbocycles. The zero-order chi connectivity index (χ0) is 25.6. The van der Waals surface area contributed by atoms with Gasteiger partial charge in [0.2, 0.25) is 0 Å². The number of ether oxygens (including phenoxy) is 1. The van der Waals surface area contributed by atoms with Crippen molar-refractivity contribution in [2.24, 2.45) is 0 Å². The summed E-state index contributed by atoms with van der Waals surface area (Å²) in [5.41, 5.74) is 5.45. The Labute approximate surface area is 223 Å². The van der Waals surface area contributed by atoms with Gasteiger partial charge in [0.05, 0.1) is 22.2 Å². The first-order valence-corrected chi connectivity index (χ1v) is 12.3. The average Bonchev–Trinajstić information content (AvgIpc) is 2.88. The van der Waals surface area contributed by atoms with Gasteiger partial charge in [0.15, 0.2) is 5.75 Å². The Hall–Kier alpha value is -3.31. The van der Waals surface area contributed by atoms with Crippen molar-refractivity contribution in [3.63, 3.8) is 0 Å². The fourth-order valence-electron chi connectivity index (χ4n) is 4.51. The topological polar surface area (TPSA) is 69.9 Å². The molecule has 6 bridgehead atoms. The third kappa shape index (κ3) is 4.26. The van der Waals surface area contributed by atoms with Gasteiger partial charge >= 0.3 is 0 Å². The lowest BCUT2D eigenvalue weighted by Crippen LogP contribution is -1.99.